The normalized spacial score (nSPS) is 11.1. The molecule has 0 fully saturated rings. The van der Waals surface area contributed by atoms with Gasteiger partial charge in [-0.05, 0) is 11.6 Å². The molecule has 2 heterocycles. The maximum atomic E-state index is 12.6. The minimum absolute atomic E-state index is 0.0795. The molecule has 0 unspecified atom stereocenters. The molecule has 26 heavy (non-hydrogen) atoms. The SMILES string of the molecule is Cn1ncc2c3ccccc3n(CC(=O)NCc3ccccc3)c2c1=O. The number of hydrogen-bond acceptors (Lipinski definition) is 3. The van der Waals surface area contributed by atoms with Gasteiger partial charge in [0.2, 0.25) is 5.91 Å². The summed E-state index contributed by atoms with van der Waals surface area (Å²) in [5.74, 6) is -0.143. The summed E-state index contributed by atoms with van der Waals surface area (Å²) in [6.45, 7) is 0.534. The molecule has 0 saturated carbocycles. The summed E-state index contributed by atoms with van der Waals surface area (Å²) in [5.41, 5.74) is 2.17. The van der Waals surface area contributed by atoms with E-state index in [9.17, 15) is 9.59 Å². The summed E-state index contributed by atoms with van der Waals surface area (Å²) in [6.07, 6.45) is 1.68. The Labute approximate surface area is 149 Å². The van der Waals surface area contributed by atoms with Gasteiger partial charge in [0.1, 0.15) is 12.1 Å². The Morgan fingerprint density at radius 1 is 1.04 bits per heavy atom. The van der Waals surface area contributed by atoms with Crippen molar-refractivity contribution in [3.8, 4) is 0 Å². The second-order valence-corrected chi connectivity index (χ2v) is 6.20. The highest BCUT2D eigenvalue weighted by Gasteiger charge is 2.16. The summed E-state index contributed by atoms with van der Waals surface area (Å²) in [6, 6.07) is 17.4. The zero-order valence-corrected chi connectivity index (χ0v) is 14.3. The molecular weight excluding hydrogens is 328 g/mol. The Kier molecular flexibility index (Phi) is 4.01. The molecule has 0 radical (unpaired) electrons. The quantitative estimate of drug-likeness (QED) is 0.616. The van der Waals surface area contributed by atoms with Crippen molar-refractivity contribution in [2.75, 3.05) is 0 Å². The summed E-state index contributed by atoms with van der Waals surface area (Å²) >= 11 is 0. The minimum atomic E-state index is -0.213. The lowest BCUT2D eigenvalue weighted by Gasteiger charge is -2.09. The zero-order valence-electron chi connectivity index (χ0n) is 14.3. The van der Waals surface area contributed by atoms with Crippen molar-refractivity contribution in [3.05, 3.63) is 76.7 Å². The van der Waals surface area contributed by atoms with E-state index in [0.29, 0.717) is 12.1 Å². The zero-order chi connectivity index (χ0) is 18.1. The average molecular weight is 346 g/mol. The second-order valence-electron chi connectivity index (χ2n) is 6.20. The topological polar surface area (TPSA) is 68.9 Å². The van der Waals surface area contributed by atoms with E-state index in [-0.39, 0.29) is 18.0 Å². The lowest BCUT2D eigenvalue weighted by Crippen LogP contribution is -2.29. The van der Waals surface area contributed by atoms with Gasteiger partial charge in [-0.3, -0.25) is 9.59 Å². The standard InChI is InChI=1S/C20H18N4O2/c1-23-20(26)19-16(12-22-23)15-9-5-6-10-17(15)24(19)13-18(25)21-11-14-7-3-2-4-8-14/h2-10,12H,11,13H2,1H3,(H,21,25). The van der Waals surface area contributed by atoms with Gasteiger partial charge in [0.15, 0.2) is 0 Å². The van der Waals surface area contributed by atoms with Crippen LogP contribution in [0.25, 0.3) is 21.8 Å². The van der Waals surface area contributed by atoms with Crippen LogP contribution in [0.4, 0.5) is 0 Å². The Bertz CT molecular complexity index is 1160. The molecule has 0 saturated heterocycles. The number of rotatable bonds is 4. The number of nitrogens with zero attached hydrogens (tertiary/aromatic N) is 3. The largest absolute Gasteiger partial charge is 0.350 e. The molecule has 1 amide bonds. The van der Waals surface area contributed by atoms with Crippen molar-refractivity contribution in [1.82, 2.24) is 19.7 Å². The highest BCUT2D eigenvalue weighted by molar-refractivity contribution is 6.07. The second kappa shape index (κ2) is 6.48. The molecule has 2 aromatic heterocycles. The molecule has 0 aliphatic heterocycles. The van der Waals surface area contributed by atoms with Crippen LogP contribution in [0.1, 0.15) is 5.56 Å². The first kappa shape index (κ1) is 16.1. The summed E-state index contributed by atoms with van der Waals surface area (Å²) in [5, 5.41) is 8.72. The van der Waals surface area contributed by atoms with Crippen molar-refractivity contribution >= 4 is 27.7 Å². The van der Waals surface area contributed by atoms with Gasteiger partial charge in [-0.1, -0.05) is 48.5 Å². The van der Waals surface area contributed by atoms with Crippen LogP contribution in [0.15, 0.2) is 65.6 Å². The van der Waals surface area contributed by atoms with Crippen LogP contribution in [0, 0.1) is 0 Å². The maximum absolute atomic E-state index is 12.6. The Morgan fingerprint density at radius 2 is 1.77 bits per heavy atom. The number of para-hydroxylation sites is 1. The molecule has 4 rings (SSSR count). The number of carbonyl (C=O) groups excluding carboxylic acids is 1. The van der Waals surface area contributed by atoms with Gasteiger partial charge in [-0.25, -0.2) is 4.68 Å². The van der Waals surface area contributed by atoms with Gasteiger partial charge in [0.25, 0.3) is 5.56 Å². The van der Waals surface area contributed by atoms with Crippen LogP contribution in [0.2, 0.25) is 0 Å². The first-order valence-electron chi connectivity index (χ1n) is 8.39. The number of aromatic nitrogens is 3. The number of nitrogens with one attached hydrogen (secondary N) is 1. The van der Waals surface area contributed by atoms with Gasteiger partial charge in [-0.15, -0.1) is 0 Å². The van der Waals surface area contributed by atoms with Crippen LogP contribution < -0.4 is 10.9 Å². The first-order valence-corrected chi connectivity index (χ1v) is 8.39. The maximum Gasteiger partial charge on any atom is 0.291 e. The molecule has 4 aromatic rings. The van der Waals surface area contributed by atoms with Gasteiger partial charge in [0.05, 0.1) is 6.20 Å². The molecule has 6 heteroatoms. The predicted octanol–water partition coefficient (Wildman–Crippen LogP) is 2.20. The molecule has 0 aliphatic carbocycles. The Morgan fingerprint density at radius 3 is 2.58 bits per heavy atom. The van der Waals surface area contributed by atoms with Gasteiger partial charge in [-0.2, -0.15) is 5.10 Å². The van der Waals surface area contributed by atoms with Crippen molar-refractivity contribution in [1.29, 1.82) is 0 Å². The van der Waals surface area contributed by atoms with E-state index in [4.69, 9.17) is 0 Å². The number of fused-ring (bicyclic) bond motifs is 3. The van der Waals surface area contributed by atoms with E-state index in [1.165, 1.54) is 4.68 Å². The minimum Gasteiger partial charge on any atom is -0.350 e. The average Bonchev–Trinajstić information content (AvgIpc) is 2.98. The molecule has 2 aromatic carbocycles. The van der Waals surface area contributed by atoms with E-state index in [0.717, 1.165) is 21.9 Å². The van der Waals surface area contributed by atoms with Gasteiger partial charge in [0, 0.05) is 29.9 Å². The Hall–Kier alpha value is -3.41. The number of benzene rings is 2. The van der Waals surface area contributed by atoms with Crippen molar-refractivity contribution in [2.45, 2.75) is 13.1 Å². The van der Waals surface area contributed by atoms with E-state index < -0.39 is 0 Å². The lowest BCUT2D eigenvalue weighted by molar-refractivity contribution is -0.121. The highest BCUT2D eigenvalue weighted by atomic mass is 16.2. The fourth-order valence-corrected chi connectivity index (χ4v) is 3.20. The summed E-state index contributed by atoms with van der Waals surface area (Å²) in [4.78, 5) is 25.1. The predicted molar refractivity (Wildman–Crippen MR) is 101 cm³/mol. The number of hydrogen-bond donors (Lipinski definition) is 1. The molecule has 1 N–H and O–H groups in total. The van der Waals surface area contributed by atoms with Crippen molar-refractivity contribution < 1.29 is 4.79 Å². The van der Waals surface area contributed by atoms with Crippen LogP contribution in [0.5, 0.6) is 0 Å². The van der Waals surface area contributed by atoms with Crippen LogP contribution in [-0.4, -0.2) is 20.3 Å². The molecule has 0 aliphatic rings. The van der Waals surface area contributed by atoms with Crippen LogP contribution in [0.3, 0.4) is 0 Å². The number of aryl methyl sites for hydroxylation is 1. The van der Waals surface area contributed by atoms with Crippen molar-refractivity contribution in [3.63, 3.8) is 0 Å². The van der Waals surface area contributed by atoms with E-state index in [2.05, 4.69) is 10.4 Å². The van der Waals surface area contributed by atoms with Gasteiger partial charge < -0.3 is 9.88 Å². The molecular formula is C20H18N4O2. The summed E-state index contributed by atoms with van der Waals surface area (Å²) < 4.78 is 3.06. The number of carbonyl (C=O) groups is 1. The molecule has 0 spiro atoms. The molecule has 0 bridgehead atoms. The lowest BCUT2D eigenvalue weighted by atomic mass is 10.2. The van der Waals surface area contributed by atoms with Crippen molar-refractivity contribution in [2.24, 2.45) is 7.05 Å². The summed E-state index contributed by atoms with van der Waals surface area (Å²) in [7, 11) is 1.61. The van der Waals surface area contributed by atoms with E-state index >= 15 is 0 Å². The molecule has 130 valence electrons. The highest BCUT2D eigenvalue weighted by Crippen LogP contribution is 2.25. The Balaban J connectivity index is 1.72. The third-order valence-corrected chi connectivity index (χ3v) is 4.50. The van der Waals surface area contributed by atoms with Crippen LogP contribution >= 0.6 is 0 Å². The van der Waals surface area contributed by atoms with Crippen LogP contribution in [-0.2, 0) is 24.9 Å². The molecule has 0 atom stereocenters. The third kappa shape index (κ3) is 2.75. The van der Waals surface area contributed by atoms with E-state index in [1.807, 2.05) is 54.6 Å². The monoisotopic (exact) mass is 346 g/mol. The fraction of sp³-hybridized carbons (Fsp3) is 0.150. The number of amides is 1. The van der Waals surface area contributed by atoms with Gasteiger partial charge >= 0.3 is 0 Å². The third-order valence-electron chi connectivity index (χ3n) is 4.50. The molecule has 6 nitrogen and oxygen atoms in total. The fourth-order valence-electron chi connectivity index (χ4n) is 3.20. The first-order chi connectivity index (χ1) is 12.6. The van der Waals surface area contributed by atoms with E-state index in [1.54, 1.807) is 17.8 Å². The smallest absolute Gasteiger partial charge is 0.291 e.